The number of amides is 1. The first-order chi connectivity index (χ1) is 16.3. The first kappa shape index (κ1) is 23.6. The van der Waals surface area contributed by atoms with Crippen molar-refractivity contribution in [3.05, 3.63) is 65.6 Å². The highest BCUT2D eigenvalue weighted by atomic mass is 32.3. The quantitative estimate of drug-likeness (QED) is 0.483. The lowest BCUT2D eigenvalue weighted by Gasteiger charge is -2.30. The second-order valence-corrected chi connectivity index (χ2v) is 10.1. The zero-order valence-electron chi connectivity index (χ0n) is 18.5. The molecule has 0 atom stereocenters. The number of hydrogen-bond acceptors (Lipinski definition) is 9. The van der Waals surface area contributed by atoms with Crippen LogP contribution < -0.4 is 10.2 Å². The molecule has 0 saturated carbocycles. The summed E-state index contributed by atoms with van der Waals surface area (Å²) < 4.78 is 25.3. The molecule has 0 radical (unpaired) electrons. The monoisotopic (exact) mass is 480 g/mol. The number of aromatic nitrogens is 3. The van der Waals surface area contributed by atoms with Crippen LogP contribution in [-0.4, -0.2) is 62.5 Å². The summed E-state index contributed by atoms with van der Waals surface area (Å²) in [4.78, 5) is 27.7. The number of anilines is 2. The Morgan fingerprint density at radius 3 is 2.53 bits per heavy atom. The van der Waals surface area contributed by atoms with Gasteiger partial charge in [0, 0.05) is 42.9 Å². The summed E-state index contributed by atoms with van der Waals surface area (Å²) in [5, 5.41) is 11.6. The normalized spacial score (nSPS) is 14.4. The SMILES string of the molecule is CS(O)(O)Cc1cc(N2CCOCC2)nc(-c2ccc(NC(=O)c3ccc(C#N)nc3)cc2)n1. The number of carbonyl (C=O) groups excluding carboxylic acids is 1. The Balaban J connectivity index is 1.56. The van der Waals surface area contributed by atoms with Crippen LogP contribution in [0.5, 0.6) is 0 Å². The van der Waals surface area contributed by atoms with E-state index >= 15 is 0 Å². The average Bonchev–Trinajstić information content (AvgIpc) is 2.84. The lowest BCUT2D eigenvalue weighted by atomic mass is 10.1. The van der Waals surface area contributed by atoms with Gasteiger partial charge in [0.2, 0.25) is 0 Å². The minimum absolute atomic E-state index is 0.0344. The molecule has 34 heavy (non-hydrogen) atoms. The summed E-state index contributed by atoms with van der Waals surface area (Å²) in [6, 6.07) is 13.8. The highest BCUT2D eigenvalue weighted by Gasteiger charge is 2.18. The summed E-state index contributed by atoms with van der Waals surface area (Å²) in [5.41, 5.74) is 2.42. The van der Waals surface area contributed by atoms with E-state index in [2.05, 4.69) is 20.2 Å². The van der Waals surface area contributed by atoms with Crippen LogP contribution in [0.25, 0.3) is 11.4 Å². The maximum atomic E-state index is 12.4. The van der Waals surface area contributed by atoms with E-state index in [1.54, 1.807) is 36.4 Å². The van der Waals surface area contributed by atoms with Gasteiger partial charge < -0.3 is 15.0 Å². The number of pyridine rings is 1. The van der Waals surface area contributed by atoms with Crippen LogP contribution in [0.4, 0.5) is 11.5 Å². The third-order valence-electron chi connectivity index (χ3n) is 5.06. The molecule has 2 aromatic heterocycles. The van der Waals surface area contributed by atoms with Crippen molar-refractivity contribution < 1.29 is 18.6 Å². The van der Waals surface area contributed by atoms with E-state index in [0.717, 1.165) is 5.56 Å². The zero-order valence-corrected chi connectivity index (χ0v) is 19.3. The third-order valence-corrected chi connectivity index (χ3v) is 5.91. The van der Waals surface area contributed by atoms with E-state index in [1.807, 2.05) is 6.07 Å². The Hall–Kier alpha value is -3.56. The molecule has 1 aliphatic heterocycles. The van der Waals surface area contributed by atoms with Gasteiger partial charge in [0.15, 0.2) is 5.82 Å². The van der Waals surface area contributed by atoms with Crippen molar-refractivity contribution in [2.45, 2.75) is 5.75 Å². The van der Waals surface area contributed by atoms with Crippen molar-refractivity contribution >= 4 is 28.0 Å². The Kier molecular flexibility index (Phi) is 7.04. The summed E-state index contributed by atoms with van der Waals surface area (Å²) in [6.45, 7) is 2.57. The van der Waals surface area contributed by atoms with Crippen molar-refractivity contribution in [2.75, 3.05) is 42.8 Å². The van der Waals surface area contributed by atoms with Crippen molar-refractivity contribution in [2.24, 2.45) is 0 Å². The molecular formula is C23H24N6O4S. The molecule has 1 aromatic carbocycles. The van der Waals surface area contributed by atoms with E-state index in [1.165, 1.54) is 18.5 Å². The number of ether oxygens (including phenoxy) is 1. The maximum absolute atomic E-state index is 12.4. The summed E-state index contributed by atoms with van der Waals surface area (Å²) in [5.74, 6) is 0.854. The molecule has 1 amide bonds. The van der Waals surface area contributed by atoms with Crippen molar-refractivity contribution in [3.63, 3.8) is 0 Å². The molecule has 1 fully saturated rings. The molecule has 10 nitrogen and oxygen atoms in total. The molecule has 1 aliphatic rings. The number of nitriles is 1. The minimum atomic E-state index is -2.78. The largest absolute Gasteiger partial charge is 0.378 e. The van der Waals surface area contributed by atoms with Gasteiger partial charge in [-0.25, -0.2) is 15.0 Å². The van der Waals surface area contributed by atoms with Crippen molar-refractivity contribution in [1.29, 1.82) is 5.26 Å². The number of nitrogens with one attached hydrogen (secondary N) is 1. The smallest absolute Gasteiger partial charge is 0.257 e. The standard InChI is InChI=1S/C23H24N6O4S/c1-34(31,32)15-20-12-21(29-8-10-33-11-9-29)28-22(26-20)16-2-5-18(6-3-16)27-23(30)17-4-7-19(13-24)25-14-17/h2-7,12,14,31-32H,8-11,15H2,1H3,(H,27,30). The second-order valence-electron chi connectivity index (χ2n) is 7.85. The lowest BCUT2D eigenvalue weighted by molar-refractivity contribution is 0.102. The van der Waals surface area contributed by atoms with E-state index in [-0.39, 0.29) is 17.4 Å². The van der Waals surface area contributed by atoms with Gasteiger partial charge in [-0.2, -0.15) is 15.9 Å². The number of rotatable bonds is 6. The highest BCUT2D eigenvalue weighted by molar-refractivity contribution is 8.23. The van der Waals surface area contributed by atoms with Crippen LogP contribution in [0.15, 0.2) is 48.7 Å². The molecule has 0 aliphatic carbocycles. The number of benzene rings is 1. The van der Waals surface area contributed by atoms with Crippen LogP contribution in [0.3, 0.4) is 0 Å². The molecule has 176 valence electrons. The average molecular weight is 481 g/mol. The minimum Gasteiger partial charge on any atom is -0.378 e. The van der Waals surface area contributed by atoms with E-state index in [0.29, 0.717) is 54.9 Å². The van der Waals surface area contributed by atoms with Crippen LogP contribution in [0.2, 0.25) is 0 Å². The summed E-state index contributed by atoms with van der Waals surface area (Å²) >= 11 is 0. The predicted octanol–water partition coefficient (Wildman–Crippen LogP) is 3.38. The molecule has 3 heterocycles. The molecule has 1 saturated heterocycles. The van der Waals surface area contributed by atoms with Gasteiger partial charge in [0.1, 0.15) is 17.6 Å². The summed E-state index contributed by atoms with van der Waals surface area (Å²) in [7, 11) is -2.78. The van der Waals surface area contributed by atoms with Gasteiger partial charge in [0.05, 0.1) is 30.2 Å². The number of nitrogens with zero attached hydrogens (tertiary/aromatic N) is 5. The highest BCUT2D eigenvalue weighted by Crippen LogP contribution is 2.38. The third kappa shape index (κ3) is 6.06. The van der Waals surface area contributed by atoms with E-state index < -0.39 is 10.6 Å². The molecule has 3 aromatic rings. The fraction of sp³-hybridized carbons (Fsp3) is 0.261. The number of morpholine rings is 1. The molecule has 0 spiro atoms. The summed E-state index contributed by atoms with van der Waals surface area (Å²) in [6.07, 6.45) is 2.75. The fourth-order valence-electron chi connectivity index (χ4n) is 3.42. The van der Waals surface area contributed by atoms with Gasteiger partial charge in [-0.05, 0) is 36.4 Å². The number of carbonyl (C=O) groups is 1. The molecule has 0 bridgehead atoms. The molecule has 3 N–H and O–H groups in total. The van der Waals surface area contributed by atoms with Crippen molar-refractivity contribution in [1.82, 2.24) is 15.0 Å². The van der Waals surface area contributed by atoms with E-state index in [4.69, 9.17) is 15.0 Å². The molecule has 0 unspecified atom stereocenters. The van der Waals surface area contributed by atoms with Gasteiger partial charge in [-0.15, -0.1) is 0 Å². The van der Waals surface area contributed by atoms with Gasteiger partial charge in [-0.3, -0.25) is 13.9 Å². The van der Waals surface area contributed by atoms with Gasteiger partial charge in [-0.1, -0.05) is 0 Å². The Bertz CT molecular complexity index is 1200. The first-order valence-corrected chi connectivity index (χ1v) is 12.6. The van der Waals surface area contributed by atoms with Crippen LogP contribution in [0, 0.1) is 11.3 Å². The molecular weight excluding hydrogens is 456 g/mol. The lowest BCUT2D eigenvalue weighted by Crippen LogP contribution is -2.37. The van der Waals surface area contributed by atoms with Crippen LogP contribution in [0.1, 0.15) is 21.7 Å². The molecule has 4 rings (SSSR count). The van der Waals surface area contributed by atoms with Crippen LogP contribution in [-0.2, 0) is 10.5 Å². The van der Waals surface area contributed by atoms with Crippen molar-refractivity contribution in [3.8, 4) is 17.5 Å². The van der Waals surface area contributed by atoms with E-state index in [9.17, 15) is 13.9 Å². The predicted molar refractivity (Wildman–Crippen MR) is 130 cm³/mol. The Morgan fingerprint density at radius 2 is 1.91 bits per heavy atom. The Labute approximate surface area is 198 Å². The maximum Gasteiger partial charge on any atom is 0.257 e. The van der Waals surface area contributed by atoms with Gasteiger partial charge >= 0.3 is 0 Å². The number of hydrogen-bond donors (Lipinski definition) is 3. The zero-order chi connectivity index (χ0) is 24.1. The molecule has 11 heteroatoms. The first-order valence-electron chi connectivity index (χ1n) is 10.5. The van der Waals surface area contributed by atoms with Crippen LogP contribution >= 0.6 is 10.6 Å². The van der Waals surface area contributed by atoms with Gasteiger partial charge in [0.25, 0.3) is 5.91 Å². The Morgan fingerprint density at radius 1 is 1.18 bits per heavy atom. The fourth-order valence-corrected chi connectivity index (χ4v) is 4.13. The topological polar surface area (TPSA) is 144 Å². The second kappa shape index (κ2) is 10.1.